The fraction of sp³-hybridized carbons (Fsp3) is 0.357. The molecule has 2 N–H and O–H groups in total. The van der Waals surface area contributed by atoms with Crippen LogP contribution in [0.4, 0.5) is 0 Å². The zero-order valence-electron chi connectivity index (χ0n) is 10.5. The molecule has 0 atom stereocenters. The van der Waals surface area contributed by atoms with E-state index in [-0.39, 0.29) is 5.75 Å². The summed E-state index contributed by atoms with van der Waals surface area (Å²) in [5, 5.41) is 20.3. The average Bonchev–Trinajstić information content (AvgIpc) is 2.55. The Balaban J connectivity index is 2.95. The van der Waals surface area contributed by atoms with Crippen LogP contribution in [0.25, 0.3) is 10.9 Å². The number of aromatic nitrogens is 1. The molecule has 1 aromatic heterocycles. The second-order valence-electron chi connectivity index (χ2n) is 4.99. The van der Waals surface area contributed by atoms with E-state index in [0.717, 1.165) is 22.2 Å². The van der Waals surface area contributed by atoms with Crippen molar-refractivity contribution < 1.29 is 5.11 Å². The van der Waals surface area contributed by atoms with Crippen LogP contribution in [0.3, 0.4) is 0 Å². The van der Waals surface area contributed by atoms with E-state index in [4.69, 9.17) is 0 Å². The number of hydrogen-bond donors (Lipinski definition) is 2. The van der Waals surface area contributed by atoms with Crippen molar-refractivity contribution in [1.82, 2.24) is 4.98 Å². The van der Waals surface area contributed by atoms with Crippen LogP contribution in [-0.4, -0.2) is 10.1 Å². The van der Waals surface area contributed by atoms with E-state index in [2.05, 4.69) is 11.1 Å². The van der Waals surface area contributed by atoms with Crippen molar-refractivity contribution in [3.63, 3.8) is 0 Å². The summed E-state index contributed by atoms with van der Waals surface area (Å²) < 4.78 is 0. The summed E-state index contributed by atoms with van der Waals surface area (Å²) in [6.07, 6.45) is 0. The third-order valence-electron chi connectivity index (χ3n) is 3.35. The van der Waals surface area contributed by atoms with E-state index in [1.807, 2.05) is 33.8 Å². The lowest BCUT2D eigenvalue weighted by atomic mass is 9.82. The first-order valence-electron chi connectivity index (χ1n) is 5.61. The lowest BCUT2D eigenvalue weighted by Crippen LogP contribution is -2.14. The van der Waals surface area contributed by atoms with E-state index in [0.29, 0.717) is 5.56 Å². The maximum absolute atomic E-state index is 10.0. The third-order valence-corrected chi connectivity index (χ3v) is 3.35. The van der Waals surface area contributed by atoms with Gasteiger partial charge < -0.3 is 10.1 Å². The molecule has 0 aliphatic heterocycles. The number of phenolic OH excluding ortho intramolecular Hbond substituents is 1. The fourth-order valence-electron chi connectivity index (χ4n) is 2.26. The molecule has 0 radical (unpaired) electrons. The Morgan fingerprint density at radius 1 is 1.29 bits per heavy atom. The first-order valence-corrected chi connectivity index (χ1v) is 5.61. The summed E-state index contributed by atoms with van der Waals surface area (Å²) >= 11 is 0. The van der Waals surface area contributed by atoms with Crippen molar-refractivity contribution >= 4 is 10.9 Å². The maximum Gasteiger partial charge on any atom is 0.121 e. The molecule has 2 rings (SSSR count). The number of nitriles is 1. The fourth-order valence-corrected chi connectivity index (χ4v) is 2.26. The number of H-pyrrole nitrogens is 1. The number of phenols is 1. The van der Waals surface area contributed by atoms with Gasteiger partial charge in [0.15, 0.2) is 0 Å². The van der Waals surface area contributed by atoms with Gasteiger partial charge in [0.1, 0.15) is 5.75 Å². The summed E-state index contributed by atoms with van der Waals surface area (Å²) in [6, 6.07) is 5.75. The van der Waals surface area contributed by atoms with Crippen LogP contribution >= 0.6 is 0 Å². The third kappa shape index (κ3) is 1.57. The molecule has 1 aromatic carbocycles. The smallest absolute Gasteiger partial charge is 0.121 e. The molecule has 0 unspecified atom stereocenters. The van der Waals surface area contributed by atoms with E-state index in [1.165, 1.54) is 0 Å². The van der Waals surface area contributed by atoms with Crippen LogP contribution in [0.2, 0.25) is 0 Å². The van der Waals surface area contributed by atoms with E-state index < -0.39 is 5.41 Å². The molecule has 0 saturated heterocycles. The molecule has 2 aromatic rings. The molecule has 0 aliphatic carbocycles. The zero-order chi connectivity index (χ0) is 12.8. The van der Waals surface area contributed by atoms with Crippen LogP contribution in [-0.2, 0) is 5.41 Å². The minimum absolute atomic E-state index is 0.186. The number of hydrogen-bond acceptors (Lipinski definition) is 2. The second kappa shape index (κ2) is 3.53. The highest BCUT2D eigenvalue weighted by molar-refractivity contribution is 5.91. The molecule has 3 nitrogen and oxygen atoms in total. The Morgan fingerprint density at radius 3 is 2.53 bits per heavy atom. The largest absolute Gasteiger partial charge is 0.508 e. The zero-order valence-corrected chi connectivity index (χ0v) is 10.5. The SMILES string of the molecule is Cc1[nH]c2ccc(O)c(C(C)(C)C#N)c2c1C. The molecule has 3 heteroatoms. The highest BCUT2D eigenvalue weighted by atomic mass is 16.3. The summed E-state index contributed by atoms with van der Waals surface area (Å²) in [5.41, 5.74) is 3.13. The normalized spacial score (nSPS) is 11.7. The molecule has 17 heavy (non-hydrogen) atoms. The Labute approximate surface area is 101 Å². The van der Waals surface area contributed by atoms with E-state index >= 15 is 0 Å². The van der Waals surface area contributed by atoms with Crippen LogP contribution in [0, 0.1) is 25.2 Å². The van der Waals surface area contributed by atoms with Crippen LogP contribution in [0.15, 0.2) is 12.1 Å². The van der Waals surface area contributed by atoms with Crippen molar-refractivity contribution in [3.8, 4) is 11.8 Å². The van der Waals surface area contributed by atoms with Gasteiger partial charge in [-0.1, -0.05) is 0 Å². The molecule has 0 aliphatic rings. The molecule has 0 amide bonds. The van der Waals surface area contributed by atoms with E-state index in [9.17, 15) is 10.4 Å². The topological polar surface area (TPSA) is 59.8 Å². The molecule has 88 valence electrons. The molecule has 0 saturated carbocycles. The van der Waals surface area contributed by atoms with Crippen LogP contribution in [0.1, 0.15) is 30.7 Å². The van der Waals surface area contributed by atoms with Crippen LogP contribution in [0.5, 0.6) is 5.75 Å². The molecular formula is C14H16N2O. The molecule has 1 heterocycles. The number of nitrogens with one attached hydrogen (secondary N) is 1. The van der Waals surface area contributed by atoms with Gasteiger partial charge in [-0.2, -0.15) is 5.26 Å². The Hall–Kier alpha value is -1.95. The lowest BCUT2D eigenvalue weighted by Gasteiger charge is -2.19. The van der Waals surface area contributed by atoms with Crippen molar-refractivity contribution in [3.05, 3.63) is 29.0 Å². The Kier molecular flexibility index (Phi) is 2.39. The standard InChI is InChI=1S/C14H16N2O/c1-8-9(2)16-10-5-6-11(17)13(12(8)10)14(3,4)7-15/h5-6,16-17H,1-4H3. The molecular weight excluding hydrogens is 212 g/mol. The van der Waals surface area contributed by atoms with Gasteiger partial charge in [-0.25, -0.2) is 0 Å². The number of aromatic hydroxyl groups is 1. The van der Waals surface area contributed by atoms with Gasteiger partial charge in [0.05, 0.1) is 11.5 Å². The minimum atomic E-state index is -0.705. The van der Waals surface area contributed by atoms with Crippen molar-refractivity contribution in [2.24, 2.45) is 0 Å². The summed E-state index contributed by atoms with van der Waals surface area (Å²) in [7, 11) is 0. The number of aryl methyl sites for hydroxylation is 2. The first-order chi connectivity index (χ1) is 7.88. The molecule has 0 spiro atoms. The van der Waals surface area contributed by atoms with Gasteiger partial charge in [0.2, 0.25) is 0 Å². The minimum Gasteiger partial charge on any atom is -0.508 e. The first kappa shape index (κ1) is 11.5. The number of rotatable bonds is 1. The monoisotopic (exact) mass is 228 g/mol. The average molecular weight is 228 g/mol. The van der Waals surface area contributed by atoms with Gasteiger partial charge in [-0.3, -0.25) is 0 Å². The summed E-state index contributed by atoms with van der Waals surface area (Å²) in [5.74, 6) is 0.186. The summed E-state index contributed by atoms with van der Waals surface area (Å²) in [4.78, 5) is 3.27. The second-order valence-corrected chi connectivity index (χ2v) is 4.99. The highest BCUT2D eigenvalue weighted by Crippen LogP contribution is 2.38. The van der Waals surface area contributed by atoms with Gasteiger partial charge in [-0.15, -0.1) is 0 Å². The van der Waals surface area contributed by atoms with E-state index in [1.54, 1.807) is 6.07 Å². The Bertz CT molecular complexity index is 630. The van der Waals surface area contributed by atoms with Gasteiger partial charge in [0.25, 0.3) is 0 Å². The van der Waals surface area contributed by atoms with Crippen molar-refractivity contribution in [2.45, 2.75) is 33.1 Å². The van der Waals surface area contributed by atoms with Gasteiger partial charge in [0, 0.05) is 22.2 Å². The van der Waals surface area contributed by atoms with Crippen molar-refractivity contribution in [1.29, 1.82) is 5.26 Å². The predicted octanol–water partition coefficient (Wildman–Crippen LogP) is 3.29. The predicted molar refractivity (Wildman–Crippen MR) is 68.1 cm³/mol. The molecule has 0 bridgehead atoms. The van der Waals surface area contributed by atoms with Crippen molar-refractivity contribution in [2.75, 3.05) is 0 Å². The summed E-state index contributed by atoms with van der Waals surface area (Å²) in [6.45, 7) is 7.65. The number of fused-ring (bicyclic) bond motifs is 1. The number of nitrogens with zero attached hydrogens (tertiary/aromatic N) is 1. The Morgan fingerprint density at radius 2 is 1.94 bits per heavy atom. The maximum atomic E-state index is 10.0. The van der Waals surface area contributed by atoms with Crippen LogP contribution < -0.4 is 0 Å². The molecule has 0 fully saturated rings. The highest BCUT2D eigenvalue weighted by Gasteiger charge is 2.27. The van der Waals surface area contributed by atoms with Gasteiger partial charge in [-0.05, 0) is 45.4 Å². The van der Waals surface area contributed by atoms with Gasteiger partial charge >= 0.3 is 0 Å². The number of aromatic amines is 1. The quantitative estimate of drug-likeness (QED) is 0.786. The number of benzene rings is 1. The lowest BCUT2D eigenvalue weighted by molar-refractivity contribution is 0.458.